The lowest BCUT2D eigenvalue weighted by Gasteiger charge is -2.18. The second-order valence-electron chi connectivity index (χ2n) is 3.39. The zero-order valence-corrected chi connectivity index (χ0v) is 9.19. The highest BCUT2D eigenvalue weighted by molar-refractivity contribution is 5.76. The summed E-state index contributed by atoms with van der Waals surface area (Å²) < 4.78 is 30.5. The minimum atomic E-state index is -1.57. The molecule has 3 N–H and O–H groups in total. The molecule has 0 saturated carbocycles. The fourth-order valence-corrected chi connectivity index (χ4v) is 1.30. The van der Waals surface area contributed by atoms with Gasteiger partial charge in [-0.1, -0.05) is 6.07 Å². The number of hydrogen-bond donors (Lipinski definition) is 2. The van der Waals surface area contributed by atoms with Gasteiger partial charge in [-0.2, -0.15) is 0 Å². The predicted molar refractivity (Wildman–Crippen MR) is 55.9 cm³/mol. The Labute approximate surface area is 97.0 Å². The third kappa shape index (κ3) is 3.21. The Morgan fingerprint density at radius 1 is 1.53 bits per heavy atom. The van der Waals surface area contributed by atoms with Crippen LogP contribution in [0.1, 0.15) is 18.6 Å². The summed E-state index contributed by atoms with van der Waals surface area (Å²) in [6.45, 7) is 1.68. The molecule has 0 spiro atoms. The molecule has 2 unspecified atom stereocenters. The number of esters is 1. The number of carbonyl (C=O) groups is 1. The van der Waals surface area contributed by atoms with E-state index < -0.39 is 29.7 Å². The van der Waals surface area contributed by atoms with Crippen LogP contribution in [0.25, 0.3) is 0 Å². The molecule has 0 aromatic heterocycles. The number of carbonyl (C=O) groups excluding carboxylic acids is 1. The fourth-order valence-electron chi connectivity index (χ4n) is 1.30. The third-order valence-electron chi connectivity index (χ3n) is 2.18. The van der Waals surface area contributed by atoms with Crippen molar-refractivity contribution in [3.05, 3.63) is 35.4 Å². The molecule has 0 aliphatic heterocycles. The molecule has 17 heavy (non-hydrogen) atoms. The smallest absolute Gasteiger partial charge is 0.325 e. The van der Waals surface area contributed by atoms with E-state index in [0.717, 1.165) is 12.1 Å². The first-order valence-corrected chi connectivity index (χ1v) is 5.02. The first-order valence-electron chi connectivity index (χ1n) is 5.02. The number of nitrogens with two attached hydrogens (primary N) is 1. The largest absolute Gasteiger partial charge is 0.465 e. The molecule has 0 radical (unpaired) electrons. The van der Waals surface area contributed by atoms with Crippen LogP contribution in [0.3, 0.4) is 0 Å². The van der Waals surface area contributed by atoms with Crippen LogP contribution in [0.5, 0.6) is 0 Å². The average molecular weight is 245 g/mol. The molecule has 0 bridgehead atoms. The van der Waals surface area contributed by atoms with Gasteiger partial charge < -0.3 is 15.6 Å². The van der Waals surface area contributed by atoms with Gasteiger partial charge >= 0.3 is 5.97 Å². The number of hydrogen-bond acceptors (Lipinski definition) is 4. The molecular weight excluding hydrogens is 232 g/mol. The highest BCUT2D eigenvalue weighted by Crippen LogP contribution is 2.20. The average Bonchev–Trinajstić information content (AvgIpc) is 2.27. The Bertz CT molecular complexity index is 412. The zero-order valence-electron chi connectivity index (χ0n) is 9.19. The number of halogens is 2. The number of benzene rings is 1. The van der Waals surface area contributed by atoms with Crippen molar-refractivity contribution in [3.8, 4) is 0 Å². The zero-order chi connectivity index (χ0) is 13.0. The van der Waals surface area contributed by atoms with E-state index in [1.807, 2.05) is 0 Å². The lowest BCUT2D eigenvalue weighted by molar-refractivity contribution is -0.147. The number of rotatable bonds is 4. The molecule has 0 aliphatic rings. The van der Waals surface area contributed by atoms with Crippen LogP contribution < -0.4 is 5.73 Å². The van der Waals surface area contributed by atoms with Crippen molar-refractivity contribution in [3.63, 3.8) is 0 Å². The SMILES string of the molecule is CCOC(=O)C(N)C(O)c1ccc(F)cc1F. The summed E-state index contributed by atoms with van der Waals surface area (Å²) in [5, 5.41) is 9.67. The molecule has 4 nitrogen and oxygen atoms in total. The second kappa shape index (κ2) is 5.70. The topological polar surface area (TPSA) is 72.5 Å². The number of aliphatic hydroxyl groups is 1. The van der Waals surface area contributed by atoms with Gasteiger partial charge in [-0.15, -0.1) is 0 Å². The van der Waals surface area contributed by atoms with Crippen LogP contribution in [-0.2, 0) is 9.53 Å². The Hall–Kier alpha value is -1.53. The van der Waals surface area contributed by atoms with Crippen LogP contribution in [0, 0.1) is 11.6 Å². The molecule has 1 rings (SSSR count). The van der Waals surface area contributed by atoms with E-state index in [0.29, 0.717) is 6.07 Å². The van der Waals surface area contributed by atoms with E-state index in [1.165, 1.54) is 0 Å². The summed E-state index contributed by atoms with van der Waals surface area (Å²) in [4.78, 5) is 11.2. The van der Waals surface area contributed by atoms with Gasteiger partial charge in [0, 0.05) is 11.6 Å². The Morgan fingerprint density at radius 3 is 2.71 bits per heavy atom. The Balaban J connectivity index is 2.88. The molecule has 0 heterocycles. The predicted octanol–water partition coefficient (Wildman–Crippen LogP) is 0.889. The van der Waals surface area contributed by atoms with Gasteiger partial charge in [0.15, 0.2) is 0 Å². The van der Waals surface area contributed by atoms with Crippen LogP contribution >= 0.6 is 0 Å². The maximum absolute atomic E-state index is 13.3. The number of ether oxygens (including phenoxy) is 1. The quantitative estimate of drug-likeness (QED) is 0.773. The van der Waals surface area contributed by atoms with Gasteiger partial charge in [-0.3, -0.25) is 4.79 Å². The monoisotopic (exact) mass is 245 g/mol. The van der Waals surface area contributed by atoms with Crippen molar-refractivity contribution in [1.29, 1.82) is 0 Å². The summed E-state index contributed by atoms with van der Waals surface area (Å²) in [6, 6.07) is 1.21. The molecule has 1 aromatic rings. The molecule has 0 fully saturated rings. The van der Waals surface area contributed by atoms with Crippen molar-refractivity contribution in [1.82, 2.24) is 0 Å². The first kappa shape index (κ1) is 13.5. The van der Waals surface area contributed by atoms with Gasteiger partial charge in [-0.25, -0.2) is 8.78 Å². The highest BCUT2D eigenvalue weighted by atomic mass is 19.1. The minimum absolute atomic E-state index is 0.102. The minimum Gasteiger partial charge on any atom is -0.465 e. The van der Waals surface area contributed by atoms with E-state index in [-0.39, 0.29) is 12.2 Å². The normalized spacial score (nSPS) is 14.2. The Kier molecular flexibility index (Phi) is 4.53. The van der Waals surface area contributed by atoms with E-state index in [9.17, 15) is 18.7 Å². The van der Waals surface area contributed by atoms with Crippen LogP contribution in [-0.4, -0.2) is 23.7 Å². The van der Waals surface area contributed by atoms with Crippen molar-refractivity contribution >= 4 is 5.97 Å². The number of aliphatic hydroxyl groups excluding tert-OH is 1. The summed E-state index contributed by atoms with van der Waals surface area (Å²) in [5.41, 5.74) is 5.16. The lowest BCUT2D eigenvalue weighted by Crippen LogP contribution is -2.38. The highest BCUT2D eigenvalue weighted by Gasteiger charge is 2.27. The third-order valence-corrected chi connectivity index (χ3v) is 2.18. The molecule has 6 heteroatoms. The second-order valence-corrected chi connectivity index (χ2v) is 3.39. The van der Waals surface area contributed by atoms with Crippen LogP contribution in [0.2, 0.25) is 0 Å². The van der Waals surface area contributed by atoms with Gasteiger partial charge in [0.2, 0.25) is 0 Å². The molecule has 0 amide bonds. The van der Waals surface area contributed by atoms with Crippen molar-refractivity contribution in [2.75, 3.05) is 6.61 Å². The molecule has 94 valence electrons. The fraction of sp³-hybridized carbons (Fsp3) is 0.364. The molecular formula is C11H13F2NO3. The molecule has 0 saturated heterocycles. The van der Waals surface area contributed by atoms with E-state index in [1.54, 1.807) is 6.92 Å². The van der Waals surface area contributed by atoms with Crippen LogP contribution in [0.15, 0.2) is 18.2 Å². The maximum Gasteiger partial charge on any atom is 0.325 e. The van der Waals surface area contributed by atoms with Gasteiger partial charge in [-0.05, 0) is 13.0 Å². The summed E-state index contributed by atoms with van der Waals surface area (Å²) in [7, 11) is 0. The first-order chi connectivity index (χ1) is 7.97. The molecule has 1 aromatic carbocycles. The van der Waals surface area contributed by atoms with E-state index in [4.69, 9.17) is 5.73 Å². The van der Waals surface area contributed by atoms with Crippen molar-refractivity contribution in [2.45, 2.75) is 19.1 Å². The van der Waals surface area contributed by atoms with E-state index in [2.05, 4.69) is 4.74 Å². The van der Waals surface area contributed by atoms with Gasteiger partial charge in [0.1, 0.15) is 23.8 Å². The molecule has 2 atom stereocenters. The van der Waals surface area contributed by atoms with E-state index >= 15 is 0 Å². The summed E-state index contributed by atoms with van der Waals surface area (Å²) in [6.07, 6.45) is -1.57. The standard InChI is InChI=1S/C11H13F2NO3/c1-2-17-11(16)9(14)10(15)7-4-3-6(12)5-8(7)13/h3-5,9-10,15H,2,14H2,1H3. The molecule has 0 aliphatic carbocycles. The van der Waals surface area contributed by atoms with Gasteiger partial charge in [0.25, 0.3) is 0 Å². The lowest BCUT2D eigenvalue weighted by atomic mass is 10.0. The van der Waals surface area contributed by atoms with Gasteiger partial charge in [0.05, 0.1) is 6.61 Å². The summed E-state index contributed by atoms with van der Waals surface area (Å²) in [5.74, 6) is -2.58. The summed E-state index contributed by atoms with van der Waals surface area (Å²) >= 11 is 0. The van der Waals surface area contributed by atoms with Crippen LogP contribution in [0.4, 0.5) is 8.78 Å². The van der Waals surface area contributed by atoms with Crippen molar-refractivity contribution in [2.24, 2.45) is 5.73 Å². The Morgan fingerprint density at radius 2 is 2.18 bits per heavy atom. The van der Waals surface area contributed by atoms with Crippen molar-refractivity contribution < 1.29 is 23.4 Å². The maximum atomic E-state index is 13.3.